The van der Waals surface area contributed by atoms with Gasteiger partial charge in [0.15, 0.2) is 6.61 Å². The number of carbonyl (C=O) groups is 3. The van der Waals surface area contributed by atoms with Crippen LogP contribution in [-0.2, 0) is 20.8 Å². The minimum Gasteiger partial charge on any atom is -0.482 e. The van der Waals surface area contributed by atoms with E-state index >= 15 is 0 Å². The average molecular weight is 352 g/mol. The summed E-state index contributed by atoms with van der Waals surface area (Å²) < 4.78 is 5.06. The maximum atomic E-state index is 12.2. The second-order valence-corrected chi connectivity index (χ2v) is 6.37. The molecule has 0 aromatic heterocycles. The van der Waals surface area contributed by atoms with Crippen LogP contribution in [0.1, 0.15) is 12.5 Å². The van der Waals surface area contributed by atoms with Crippen molar-refractivity contribution in [2.24, 2.45) is 0 Å². The van der Waals surface area contributed by atoms with Crippen molar-refractivity contribution in [3.05, 3.63) is 29.8 Å². The molecule has 0 unspecified atom stereocenters. The number of rotatable bonds is 7. The van der Waals surface area contributed by atoms with E-state index < -0.39 is 5.97 Å². The number of hydrogen-bond acceptors (Lipinski definition) is 5. The summed E-state index contributed by atoms with van der Waals surface area (Å²) in [5.41, 5.74) is 1.00. The Morgan fingerprint density at radius 1 is 1.33 bits per heavy atom. The Kier molecular flexibility index (Phi) is 6.48. The molecule has 130 valence electrons. The van der Waals surface area contributed by atoms with E-state index in [0.717, 1.165) is 5.56 Å². The van der Waals surface area contributed by atoms with Crippen LogP contribution in [0.4, 0.5) is 0 Å². The molecule has 1 saturated heterocycles. The Morgan fingerprint density at radius 3 is 2.67 bits per heavy atom. The van der Waals surface area contributed by atoms with Gasteiger partial charge in [-0.05, 0) is 24.1 Å². The maximum Gasteiger partial charge on any atom is 0.341 e. The minimum atomic E-state index is -1.02. The van der Waals surface area contributed by atoms with E-state index in [0.29, 0.717) is 30.3 Å². The number of carbonyl (C=O) groups excluding carboxylic acids is 2. The van der Waals surface area contributed by atoms with Crippen LogP contribution in [-0.4, -0.2) is 58.6 Å². The molecular formula is C16H20N2O5S. The van der Waals surface area contributed by atoms with Crippen molar-refractivity contribution in [2.45, 2.75) is 19.4 Å². The number of amides is 2. The lowest BCUT2D eigenvalue weighted by Gasteiger charge is -2.21. The maximum absolute atomic E-state index is 12.2. The topological polar surface area (TPSA) is 95.9 Å². The van der Waals surface area contributed by atoms with Crippen LogP contribution in [0.2, 0.25) is 0 Å². The second kappa shape index (κ2) is 8.58. The number of benzene rings is 1. The van der Waals surface area contributed by atoms with Crippen LogP contribution in [0.5, 0.6) is 5.75 Å². The van der Waals surface area contributed by atoms with Crippen LogP contribution >= 0.6 is 11.8 Å². The Balaban J connectivity index is 1.76. The molecule has 24 heavy (non-hydrogen) atoms. The Hall–Kier alpha value is -2.22. The van der Waals surface area contributed by atoms with Crippen molar-refractivity contribution >= 4 is 29.5 Å². The van der Waals surface area contributed by atoms with E-state index in [9.17, 15) is 14.4 Å². The monoisotopic (exact) mass is 352 g/mol. The summed E-state index contributed by atoms with van der Waals surface area (Å²) in [5, 5.41) is 11.4. The molecule has 8 heteroatoms. The van der Waals surface area contributed by atoms with Crippen LogP contribution in [0.15, 0.2) is 24.3 Å². The van der Waals surface area contributed by atoms with Crippen molar-refractivity contribution in [3.63, 3.8) is 0 Å². The van der Waals surface area contributed by atoms with Crippen molar-refractivity contribution < 1.29 is 24.2 Å². The van der Waals surface area contributed by atoms with E-state index in [2.05, 4.69) is 5.32 Å². The molecule has 0 radical (unpaired) electrons. The normalized spacial score (nSPS) is 16.7. The van der Waals surface area contributed by atoms with Crippen molar-refractivity contribution in [1.82, 2.24) is 10.2 Å². The first-order valence-electron chi connectivity index (χ1n) is 7.53. The SMILES string of the molecule is CC(=O)N1CSC[C@H]1C(=O)NCCc1ccc(OCC(=O)O)cc1. The van der Waals surface area contributed by atoms with Crippen LogP contribution in [0.3, 0.4) is 0 Å². The Morgan fingerprint density at radius 2 is 2.04 bits per heavy atom. The molecule has 0 spiro atoms. The summed E-state index contributed by atoms with van der Waals surface area (Å²) in [6.45, 7) is 1.57. The summed E-state index contributed by atoms with van der Waals surface area (Å²) in [6.07, 6.45) is 0.644. The van der Waals surface area contributed by atoms with Gasteiger partial charge in [-0.2, -0.15) is 0 Å². The summed E-state index contributed by atoms with van der Waals surface area (Å²) >= 11 is 1.57. The van der Waals surface area contributed by atoms with Crippen LogP contribution in [0, 0.1) is 0 Å². The lowest BCUT2D eigenvalue weighted by molar-refractivity contribution is -0.139. The van der Waals surface area contributed by atoms with Gasteiger partial charge in [0.2, 0.25) is 11.8 Å². The number of hydrogen-bond donors (Lipinski definition) is 2. The highest BCUT2D eigenvalue weighted by Crippen LogP contribution is 2.20. The van der Waals surface area contributed by atoms with Gasteiger partial charge in [0.1, 0.15) is 11.8 Å². The molecule has 2 amide bonds. The Bertz CT molecular complexity index is 605. The van der Waals surface area contributed by atoms with E-state index in [1.807, 2.05) is 12.1 Å². The molecule has 7 nitrogen and oxygen atoms in total. The molecule has 1 atom stereocenters. The number of carboxylic acid groups (broad SMARTS) is 1. The summed E-state index contributed by atoms with van der Waals surface area (Å²) in [5.74, 6) is 0.442. The van der Waals surface area contributed by atoms with Gasteiger partial charge in [0.25, 0.3) is 0 Å². The quantitative estimate of drug-likeness (QED) is 0.751. The third-order valence-electron chi connectivity index (χ3n) is 3.59. The van der Waals surface area contributed by atoms with Gasteiger partial charge < -0.3 is 20.1 Å². The molecule has 2 rings (SSSR count). The first-order valence-corrected chi connectivity index (χ1v) is 8.69. The molecule has 1 aromatic carbocycles. The third kappa shape index (κ3) is 5.16. The first kappa shape index (κ1) is 18.1. The van der Waals surface area contributed by atoms with E-state index in [1.54, 1.807) is 28.8 Å². The van der Waals surface area contributed by atoms with Gasteiger partial charge >= 0.3 is 5.97 Å². The zero-order valence-corrected chi connectivity index (χ0v) is 14.2. The van der Waals surface area contributed by atoms with Crippen molar-refractivity contribution in [3.8, 4) is 5.75 Å². The zero-order chi connectivity index (χ0) is 17.5. The number of aliphatic carboxylic acids is 1. The van der Waals surface area contributed by atoms with Crippen LogP contribution < -0.4 is 10.1 Å². The number of ether oxygens (including phenoxy) is 1. The molecule has 0 saturated carbocycles. The number of thioether (sulfide) groups is 1. The lowest BCUT2D eigenvalue weighted by atomic mass is 10.1. The molecule has 1 aliphatic rings. The minimum absolute atomic E-state index is 0.0860. The molecule has 1 fully saturated rings. The van der Waals surface area contributed by atoms with Gasteiger partial charge in [-0.15, -0.1) is 11.8 Å². The molecule has 2 N–H and O–H groups in total. The highest BCUT2D eigenvalue weighted by atomic mass is 32.2. The molecule has 0 aliphatic carbocycles. The van der Waals surface area contributed by atoms with Gasteiger partial charge in [0, 0.05) is 19.2 Å². The highest BCUT2D eigenvalue weighted by molar-refractivity contribution is 7.99. The van der Waals surface area contributed by atoms with Gasteiger partial charge in [-0.1, -0.05) is 12.1 Å². The Labute approximate surface area is 144 Å². The molecule has 1 aromatic rings. The fraction of sp³-hybridized carbons (Fsp3) is 0.438. The lowest BCUT2D eigenvalue weighted by Crippen LogP contribution is -2.46. The van der Waals surface area contributed by atoms with Gasteiger partial charge in [-0.3, -0.25) is 9.59 Å². The fourth-order valence-corrected chi connectivity index (χ4v) is 3.53. The molecule has 0 bridgehead atoms. The largest absolute Gasteiger partial charge is 0.482 e. The fourth-order valence-electron chi connectivity index (χ4n) is 2.32. The summed E-state index contributed by atoms with van der Waals surface area (Å²) in [4.78, 5) is 35.6. The summed E-state index contributed by atoms with van der Waals surface area (Å²) in [6, 6.07) is 6.67. The standard InChI is InChI=1S/C16H20N2O5S/c1-11(19)18-10-24-9-14(18)16(22)17-7-6-12-2-4-13(5-3-12)23-8-15(20)21/h2-5,14H,6-10H2,1H3,(H,17,22)(H,20,21)/t14-/m0/s1. The number of nitrogens with zero attached hydrogens (tertiary/aromatic N) is 1. The zero-order valence-electron chi connectivity index (χ0n) is 13.4. The smallest absolute Gasteiger partial charge is 0.341 e. The number of nitrogens with one attached hydrogen (secondary N) is 1. The predicted octanol–water partition coefficient (Wildman–Crippen LogP) is 0.730. The number of carboxylic acids is 1. The first-order chi connectivity index (χ1) is 11.5. The highest BCUT2D eigenvalue weighted by Gasteiger charge is 2.32. The molecule has 1 aliphatic heterocycles. The van der Waals surface area contributed by atoms with E-state index in [-0.39, 0.29) is 24.5 Å². The summed E-state index contributed by atoms with van der Waals surface area (Å²) in [7, 11) is 0. The van der Waals surface area contributed by atoms with Gasteiger partial charge in [-0.25, -0.2) is 4.79 Å². The third-order valence-corrected chi connectivity index (χ3v) is 4.60. The van der Waals surface area contributed by atoms with E-state index in [1.165, 1.54) is 6.92 Å². The van der Waals surface area contributed by atoms with Crippen molar-refractivity contribution in [1.29, 1.82) is 0 Å². The van der Waals surface area contributed by atoms with Crippen LogP contribution in [0.25, 0.3) is 0 Å². The predicted molar refractivity (Wildman–Crippen MR) is 89.9 cm³/mol. The van der Waals surface area contributed by atoms with Crippen molar-refractivity contribution in [2.75, 3.05) is 24.8 Å². The van der Waals surface area contributed by atoms with Gasteiger partial charge in [0.05, 0.1) is 5.88 Å². The second-order valence-electron chi connectivity index (χ2n) is 5.37. The molecular weight excluding hydrogens is 332 g/mol. The van der Waals surface area contributed by atoms with E-state index in [4.69, 9.17) is 9.84 Å². The average Bonchev–Trinajstić information content (AvgIpc) is 3.04. The molecule has 1 heterocycles.